The van der Waals surface area contributed by atoms with E-state index >= 15 is 0 Å². The first-order valence-corrected chi connectivity index (χ1v) is 7.42. The van der Waals surface area contributed by atoms with Crippen molar-refractivity contribution in [2.24, 2.45) is 0 Å². The highest BCUT2D eigenvalue weighted by atomic mass is 32.1. The Balaban J connectivity index is 1.97. The molecule has 21 heavy (non-hydrogen) atoms. The lowest BCUT2D eigenvalue weighted by atomic mass is 10.1. The molecule has 0 atom stereocenters. The molecule has 0 fully saturated rings. The largest absolute Gasteiger partial charge is 0.496 e. The number of methoxy groups -OCH3 is 1. The summed E-state index contributed by atoms with van der Waals surface area (Å²) in [6.07, 6.45) is 5.07. The Morgan fingerprint density at radius 2 is 2.24 bits per heavy atom. The molecule has 1 aromatic carbocycles. The van der Waals surface area contributed by atoms with Crippen LogP contribution < -0.4 is 10.1 Å². The molecule has 5 heteroatoms. The van der Waals surface area contributed by atoms with Crippen molar-refractivity contribution in [3.05, 3.63) is 51.5 Å². The van der Waals surface area contributed by atoms with Crippen molar-refractivity contribution in [2.75, 3.05) is 7.11 Å². The molecule has 0 radical (unpaired) electrons. The van der Waals surface area contributed by atoms with Gasteiger partial charge in [0.1, 0.15) is 5.75 Å². The summed E-state index contributed by atoms with van der Waals surface area (Å²) in [5.74, 6) is 0.618. The zero-order valence-corrected chi connectivity index (χ0v) is 13.2. The standard InChI is InChI=1S/C16H18N2O2S/c1-11-4-6-15(20-3)13(8-11)5-7-16(19)18-10-14-9-17-12(2)21-14/h4-9H,10H2,1-3H3,(H,18,19). The van der Waals surface area contributed by atoms with Crippen LogP contribution >= 0.6 is 11.3 Å². The second-order valence-electron chi connectivity index (χ2n) is 4.64. The second kappa shape index (κ2) is 7.04. The van der Waals surface area contributed by atoms with Crippen LogP contribution in [0.4, 0.5) is 0 Å². The van der Waals surface area contributed by atoms with Gasteiger partial charge in [-0.3, -0.25) is 4.79 Å². The van der Waals surface area contributed by atoms with Crippen LogP contribution in [0.3, 0.4) is 0 Å². The second-order valence-corrected chi connectivity index (χ2v) is 5.96. The van der Waals surface area contributed by atoms with Crippen molar-refractivity contribution in [3.8, 4) is 5.75 Å². The summed E-state index contributed by atoms with van der Waals surface area (Å²) < 4.78 is 5.28. The molecule has 2 rings (SSSR count). The minimum atomic E-state index is -0.135. The minimum Gasteiger partial charge on any atom is -0.496 e. The Morgan fingerprint density at radius 1 is 1.43 bits per heavy atom. The van der Waals surface area contributed by atoms with Gasteiger partial charge in [0.2, 0.25) is 5.91 Å². The van der Waals surface area contributed by atoms with Gasteiger partial charge in [-0.25, -0.2) is 4.98 Å². The number of carbonyl (C=O) groups excluding carboxylic acids is 1. The van der Waals surface area contributed by atoms with Gasteiger partial charge < -0.3 is 10.1 Å². The lowest BCUT2D eigenvalue weighted by Crippen LogP contribution is -2.19. The third kappa shape index (κ3) is 4.43. The highest BCUT2D eigenvalue weighted by molar-refractivity contribution is 7.11. The SMILES string of the molecule is COc1ccc(C)cc1C=CC(=O)NCc1cnc(C)s1. The predicted molar refractivity (Wildman–Crippen MR) is 85.5 cm³/mol. The number of benzene rings is 1. The number of rotatable bonds is 5. The summed E-state index contributed by atoms with van der Waals surface area (Å²) in [5, 5.41) is 3.84. The van der Waals surface area contributed by atoms with E-state index in [1.165, 1.54) is 6.08 Å². The highest BCUT2D eigenvalue weighted by Crippen LogP contribution is 2.20. The van der Waals surface area contributed by atoms with Crippen LogP contribution in [0.1, 0.15) is 21.0 Å². The fraction of sp³-hybridized carbons (Fsp3) is 0.250. The fourth-order valence-corrected chi connectivity index (χ4v) is 2.60. The van der Waals surface area contributed by atoms with Crippen molar-refractivity contribution >= 4 is 23.3 Å². The minimum absolute atomic E-state index is 0.135. The van der Waals surface area contributed by atoms with Crippen molar-refractivity contribution in [3.63, 3.8) is 0 Å². The molecule has 4 nitrogen and oxygen atoms in total. The third-order valence-corrected chi connectivity index (χ3v) is 3.82. The van der Waals surface area contributed by atoms with Crippen molar-refractivity contribution in [2.45, 2.75) is 20.4 Å². The molecule has 1 aromatic heterocycles. The molecule has 0 spiro atoms. The van der Waals surface area contributed by atoms with E-state index in [0.717, 1.165) is 26.8 Å². The van der Waals surface area contributed by atoms with Gasteiger partial charge in [-0.1, -0.05) is 11.6 Å². The zero-order valence-electron chi connectivity index (χ0n) is 12.3. The van der Waals surface area contributed by atoms with E-state index in [1.807, 2.05) is 32.0 Å². The summed E-state index contributed by atoms with van der Waals surface area (Å²) >= 11 is 1.58. The Hall–Kier alpha value is -2.14. The van der Waals surface area contributed by atoms with Gasteiger partial charge in [-0.05, 0) is 32.1 Å². The van der Waals surface area contributed by atoms with Gasteiger partial charge in [0, 0.05) is 22.7 Å². The quantitative estimate of drug-likeness (QED) is 0.864. The first kappa shape index (κ1) is 15.3. The molecule has 110 valence electrons. The number of amides is 1. The van der Waals surface area contributed by atoms with Crippen LogP contribution in [-0.2, 0) is 11.3 Å². The number of aryl methyl sites for hydroxylation is 2. The van der Waals surface area contributed by atoms with E-state index < -0.39 is 0 Å². The molecule has 0 saturated carbocycles. The summed E-state index contributed by atoms with van der Waals surface area (Å²) in [7, 11) is 1.62. The van der Waals surface area contributed by atoms with Gasteiger partial charge in [-0.15, -0.1) is 11.3 Å². The summed E-state index contributed by atoms with van der Waals surface area (Å²) in [4.78, 5) is 17.0. The van der Waals surface area contributed by atoms with Crippen LogP contribution in [0.5, 0.6) is 5.75 Å². The monoisotopic (exact) mass is 302 g/mol. The third-order valence-electron chi connectivity index (χ3n) is 2.91. The average Bonchev–Trinajstić information content (AvgIpc) is 2.88. The number of aromatic nitrogens is 1. The van der Waals surface area contributed by atoms with Crippen LogP contribution in [0.15, 0.2) is 30.5 Å². The number of carbonyl (C=O) groups is 1. The maximum atomic E-state index is 11.8. The van der Waals surface area contributed by atoms with Crippen LogP contribution in [0, 0.1) is 13.8 Å². The maximum absolute atomic E-state index is 11.8. The van der Waals surface area contributed by atoms with E-state index in [0.29, 0.717) is 6.54 Å². The van der Waals surface area contributed by atoms with Crippen molar-refractivity contribution < 1.29 is 9.53 Å². The summed E-state index contributed by atoms with van der Waals surface area (Å²) in [6, 6.07) is 5.85. The summed E-state index contributed by atoms with van der Waals surface area (Å²) in [6.45, 7) is 4.45. The number of nitrogens with zero attached hydrogens (tertiary/aromatic N) is 1. The molecule has 0 unspecified atom stereocenters. The molecule has 0 aliphatic carbocycles. The van der Waals surface area contributed by atoms with Gasteiger partial charge in [0.25, 0.3) is 0 Å². The Kier molecular flexibility index (Phi) is 5.11. The topological polar surface area (TPSA) is 51.2 Å². The highest BCUT2D eigenvalue weighted by Gasteiger charge is 2.02. The lowest BCUT2D eigenvalue weighted by molar-refractivity contribution is -0.116. The zero-order chi connectivity index (χ0) is 15.2. The van der Waals surface area contributed by atoms with Gasteiger partial charge in [-0.2, -0.15) is 0 Å². The molecule has 0 aliphatic rings. The van der Waals surface area contributed by atoms with Gasteiger partial charge >= 0.3 is 0 Å². The molecule has 0 saturated heterocycles. The number of thiazole rings is 1. The van der Waals surface area contributed by atoms with Gasteiger partial charge in [0.05, 0.1) is 18.7 Å². The summed E-state index contributed by atoms with van der Waals surface area (Å²) in [5.41, 5.74) is 2.01. The van der Waals surface area contributed by atoms with Gasteiger partial charge in [0.15, 0.2) is 0 Å². The van der Waals surface area contributed by atoms with E-state index in [4.69, 9.17) is 4.74 Å². The first-order chi connectivity index (χ1) is 10.1. The molecule has 1 heterocycles. The molecule has 0 bridgehead atoms. The normalized spacial score (nSPS) is 10.8. The molecule has 0 aliphatic heterocycles. The molecule has 1 amide bonds. The van der Waals surface area contributed by atoms with Crippen LogP contribution in [0.2, 0.25) is 0 Å². The van der Waals surface area contributed by atoms with Crippen molar-refractivity contribution in [1.82, 2.24) is 10.3 Å². The maximum Gasteiger partial charge on any atom is 0.244 e. The number of nitrogens with one attached hydrogen (secondary N) is 1. The average molecular weight is 302 g/mol. The van der Waals surface area contributed by atoms with E-state index in [-0.39, 0.29) is 5.91 Å². The predicted octanol–water partition coefficient (Wildman–Crippen LogP) is 3.10. The fourth-order valence-electron chi connectivity index (χ4n) is 1.87. The molecular weight excluding hydrogens is 284 g/mol. The van der Waals surface area contributed by atoms with Crippen LogP contribution in [0.25, 0.3) is 6.08 Å². The van der Waals surface area contributed by atoms with Crippen molar-refractivity contribution in [1.29, 1.82) is 0 Å². The van der Waals surface area contributed by atoms with E-state index in [2.05, 4.69) is 10.3 Å². The smallest absolute Gasteiger partial charge is 0.244 e. The van der Waals surface area contributed by atoms with E-state index in [1.54, 1.807) is 30.7 Å². The number of hydrogen-bond donors (Lipinski definition) is 1. The Morgan fingerprint density at radius 3 is 2.90 bits per heavy atom. The van der Waals surface area contributed by atoms with E-state index in [9.17, 15) is 4.79 Å². The molecule has 2 aromatic rings. The Bertz CT molecular complexity index is 662. The van der Waals surface area contributed by atoms with Crippen LogP contribution in [-0.4, -0.2) is 18.0 Å². The number of ether oxygens (including phenoxy) is 1. The first-order valence-electron chi connectivity index (χ1n) is 6.60. The Labute approximate surface area is 128 Å². The molecular formula is C16H18N2O2S. The lowest BCUT2D eigenvalue weighted by Gasteiger charge is -2.05. The molecule has 1 N–H and O–H groups in total. The number of hydrogen-bond acceptors (Lipinski definition) is 4.